The zero-order valence-electron chi connectivity index (χ0n) is 16.0. The molecular weight excluding hydrogens is 415 g/mol. The second kappa shape index (κ2) is 8.10. The van der Waals surface area contributed by atoms with Crippen molar-refractivity contribution in [2.75, 3.05) is 6.54 Å². The normalized spacial score (nSPS) is 18.7. The molecule has 1 saturated heterocycles. The number of oxazole rings is 1. The average Bonchev–Trinajstić information content (AvgIpc) is 3.49. The Balaban J connectivity index is 1.42. The van der Waals surface area contributed by atoms with Crippen LogP contribution >= 0.6 is 0 Å². The Labute approximate surface area is 174 Å². The van der Waals surface area contributed by atoms with Crippen LogP contribution in [0.3, 0.4) is 0 Å². The summed E-state index contributed by atoms with van der Waals surface area (Å²) in [6, 6.07) is 4.08. The molecule has 4 rings (SSSR count). The number of halogens is 3. The molecular formula is C19H16F3N7O2. The third-order valence-corrected chi connectivity index (χ3v) is 4.92. The molecule has 3 aromatic rings. The van der Waals surface area contributed by atoms with Crippen molar-refractivity contribution >= 4 is 5.91 Å². The minimum absolute atomic E-state index is 0.0467. The number of rotatable bonds is 5. The van der Waals surface area contributed by atoms with E-state index in [4.69, 9.17) is 4.42 Å². The Morgan fingerprint density at radius 3 is 2.94 bits per heavy atom. The van der Waals surface area contributed by atoms with E-state index in [2.05, 4.69) is 26.8 Å². The van der Waals surface area contributed by atoms with Crippen molar-refractivity contribution in [3.05, 3.63) is 54.3 Å². The van der Waals surface area contributed by atoms with Crippen molar-refractivity contribution in [2.24, 2.45) is 0 Å². The number of nitrogens with zero attached hydrogens (tertiary/aromatic N) is 6. The van der Waals surface area contributed by atoms with E-state index in [1.165, 1.54) is 24.5 Å². The van der Waals surface area contributed by atoms with Crippen LogP contribution in [0, 0.1) is 11.5 Å². The molecule has 1 N–H and O–H groups in total. The first-order valence-electron chi connectivity index (χ1n) is 9.28. The first kappa shape index (κ1) is 20.4. The number of hydrogen-bond acceptors (Lipinski definition) is 7. The minimum atomic E-state index is -4.49. The molecule has 1 fully saturated rings. The number of amides is 1. The van der Waals surface area contributed by atoms with E-state index in [-0.39, 0.29) is 29.3 Å². The van der Waals surface area contributed by atoms with Crippen LogP contribution in [-0.4, -0.2) is 49.4 Å². The highest BCUT2D eigenvalue weighted by molar-refractivity contribution is 5.90. The second-order valence-electron chi connectivity index (χ2n) is 7.05. The number of carbonyl (C=O) groups is 1. The molecule has 0 saturated carbocycles. The third kappa shape index (κ3) is 4.50. The highest BCUT2D eigenvalue weighted by Crippen LogP contribution is 2.32. The van der Waals surface area contributed by atoms with E-state index in [1.54, 1.807) is 15.8 Å². The van der Waals surface area contributed by atoms with Gasteiger partial charge >= 0.3 is 12.1 Å². The first-order valence-corrected chi connectivity index (χ1v) is 9.28. The van der Waals surface area contributed by atoms with Crippen molar-refractivity contribution in [1.82, 2.24) is 30.2 Å². The molecule has 0 unspecified atom stereocenters. The smallest absolute Gasteiger partial charge is 0.416 e. The third-order valence-electron chi connectivity index (χ3n) is 4.92. The van der Waals surface area contributed by atoms with Gasteiger partial charge in [-0.05, 0) is 18.6 Å². The summed E-state index contributed by atoms with van der Waals surface area (Å²) in [5.41, 5.74) is -0.667. The summed E-state index contributed by atoms with van der Waals surface area (Å²) in [7, 11) is 0. The summed E-state index contributed by atoms with van der Waals surface area (Å²) in [5.74, 6) is -0.830. The lowest BCUT2D eigenvalue weighted by molar-refractivity contribution is -0.137. The number of likely N-dealkylation sites (tertiary alicyclic amines) is 1. The Morgan fingerprint density at radius 2 is 2.23 bits per heavy atom. The molecule has 3 heterocycles. The van der Waals surface area contributed by atoms with E-state index in [1.807, 2.05) is 0 Å². The maximum Gasteiger partial charge on any atom is 0.416 e. The van der Waals surface area contributed by atoms with Crippen LogP contribution in [0.1, 0.15) is 22.7 Å². The molecule has 9 nitrogen and oxygen atoms in total. The molecule has 31 heavy (non-hydrogen) atoms. The molecule has 1 aliphatic rings. The van der Waals surface area contributed by atoms with Gasteiger partial charge in [0, 0.05) is 24.3 Å². The first-order chi connectivity index (χ1) is 14.8. The molecule has 2 atom stereocenters. The topological polar surface area (TPSA) is 113 Å². The minimum Gasteiger partial charge on any atom is -0.432 e. The second-order valence-corrected chi connectivity index (χ2v) is 7.05. The lowest BCUT2D eigenvalue weighted by Crippen LogP contribution is -2.36. The van der Waals surface area contributed by atoms with Gasteiger partial charge in [0.1, 0.15) is 0 Å². The van der Waals surface area contributed by atoms with Crippen LogP contribution in [0.2, 0.25) is 0 Å². The van der Waals surface area contributed by atoms with E-state index < -0.39 is 17.6 Å². The van der Waals surface area contributed by atoms with E-state index >= 15 is 0 Å². The van der Waals surface area contributed by atoms with Gasteiger partial charge in [-0.25, -0.2) is 4.98 Å². The summed E-state index contributed by atoms with van der Waals surface area (Å²) in [6.45, 7) is 0.751. The molecule has 0 aliphatic carbocycles. The maximum absolute atomic E-state index is 12.9. The van der Waals surface area contributed by atoms with Gasteiger partial charge in [-0.15, -0.1) is 5.10 Å². The largest absolute Gasteiger partial charge is 0.432 e. The summed E-state index contributed by atoms with van der Waals surface area (Å²) < 4.78 is 45.7. The van der Waals surface area contributed by atoms with Gasteiger partial charge in [-0.3, -0.25) is 9.48 Å². The molecule has 1 aromatic carbocycles. The van der Waals surface area contributed by atoms with Crippen LogP contribution in [0.5, 0.6) is 0 Å². The summed E-state index contributed by atoms with van der Waals surface area (Å²) >= 11 is 0. The number of aromatic nitrogens is 4. The van der Waals surface area contributed by atoms with Gasteiger partial charge in [0.15, 0.2) is 12.0 Å². The number of nitriles is 1. The van der Waals surface area contributed by atoms with Crippen LogP contribution in [0.15, 0.2) is 47.3 Å². The Bertz CT molecular complexity index is 1100. The van der Waals surface area contributed by atoms with E-state index in [0.29, 0.717) is 19.5 Å². The number of benzene rings is 1. The summed E-state index contributed by atoms with van der Waals surface area (Å²) in [4.78, 5) is 18.0. The highest BCUT2D eigenvalue weighted by Gasteiger charge is 2.34. The predicted molar refractivity (Wildman–Crippen MR) is 98.9 cm³/mol. The maximum atomic E-state index is 12.9. The van der Waals surface area contributed by atoms with Crippen LogP contribution < -0.4 is 5.32 Å². The fourth-order valence-electron chi connectivity index (χ4n) is 3.47. The van der Waals surface area contributed by atoms with Crippen molar-refractivity contribution in [2.45, 2.75) is 31.2 Å². The van der Waals surface area contributed by atoms with Crippen molar-refractivity contribution in [3.8, 4) is 17.5 Å². The van der Waals surface area contributed by atoms with Gasteiger partial charge in [0.2, 0.25) is 0 Å². The quantitative estimate of drug-likeness (QED) is 0.617. The zero-order chi connectivity index (χ0) is 22.0. The molecule has 0 radical (unpaired) electrons. The van der Waals surface area contributed by atoms with Crippen LogP contribution in [0.25, 0.3) is 11.3 Å². The Morgan fingerprint density at radius 1 is 1.39 bits per heavy atom. The lowest BCUT2D eigenvalue weighted by atomic mass is 10.1. The van der Waals surface area contributed by atoms with Crippen molar-refractivity contribution < 1.29 is 22.4 Å². The molecule has 1 aliphatic heterocycles. The fourth-order valence-corrected chi connectivity index (χ4v) is 3.47. The standard InChI is InChI=1S/C19H16F3N7O2/c20-19(21,22)13-3-1-2-12(6-13)16-8-24-18(31-16)17(30)26-14-7-15(28(9-14)11-23)10-29-5-4-25-27-29/h1-6,8,14-15H,7,9-10H2,(H,26,30)/t14-,15+/m1/s1. The molecule has 2 aromatic heterocycles. The number of nitrogens with one attached hydrogen (secondary N) is 1. The van der Waals surface area contributed by atoms with Crippen molar-refractivity contribution in [3.63, 3.8) is 0 Å². The molecule has 0 bridgehead atoms. The number of alkyl halides is 3. The molecule has 1 amide bonds. The average molecular weight is 431 g/mol. The molecule has 12 heteroatoms. The van der Waals surface area contributed by atoms with Gasteiger partial charge in [0.05, 0.1) is 30.5 Å². The van der Waals surface area contributed by atoms with Crippen LogP contribution in [-0.2, 0) is 12.7 Å². The SMILES string of the molecule is N#CN1C[C@H](NC(=O)c2ncc(-c3cccc(C(F)(F)F)c3)o2)C[C@H]1Cn1ccnn1. The number of carbonyl (C=O) groups excluding carboxylic acids is 1. The lowest BCUT2D eigenvalue weighted by Gasteiger charge is -2.16. The van der Waals surface area contributed by atoms with Crippen LogP contribution in [0.4, 0.5) is 13.2 Å². The fraction of sp³-hybridized carbons (Fsp3) is 0.316. The molecule has 0 spiro atoms. The highest BCUT2D eigenvalue weighted by atomic mass is 19.4. The predicted octanol–water partition coefficient (Wildman–Crippen LogP) is 2.31. The monoisotopic (exact) mass is 431 g/mol. The number of hydrogen-bond donors (Lipinski definition) is 1. The Kier molecular flexibility index (Phi) is 5.33. The van der Waals surface area contributed by atoms with Gasteiger partial charge < -0.3 is 14.6 Å². The summed E-state index contributed by atoms with van der Waals surface area (Å²) in [5, 5.41) is 19.7. The van der Waals surface area contributed by atoms with E-state index in [9.17, 15) is 23.2 Å². The van der Waals surface area contributed by atoms with Gasteiger partial charge in [-0.1, -0.05) is 17.3 Å². The summed E-state index contributed by atoms with van der Waals surface area (Å²) in [6.07, 6.45) is 2.53. The van der Waals surface area contributed by atoms with Crippen molar-refractivity contribution in [1.29, 1.82) is 5.26 Å². The zero-order valence-corrected chi connectivity index (χ0v) is 16.0. The van der Waals surface area contributed by atoms with E-state index in [0.717, 1.165) is 12.1 Å². The van der Waals surface area contributed by atoms with Gasteiger partial charge in [0.25, 0.3) is 5.89 Å². The Hall–Kier alpha value is -3.88. The van der Waals surface area contributed by atoms with Gasteiger partial charge in [-0.2, -0.15) is 18.4 Å². The molecule has 160 valence electrons.